The van der Waals surface area contributed by atoms with Crippen LogP contribution in [0.1, 0.15) is 0 Å². The summed E-state index contributed by atoms with van der Waals surface area (Å²) in [7, 11) is 3.72. The van der Waals surface area contributed by atoms with E-state index in [-0.39, 0.29) is 57.1 Å². The van der Waals surface area contributed by atoms with E-state index in [0.717, 1.165) is 5.69 Å². The molecule has 0 atom stereocenters. The summed E-state index contributed by atoms with van der Waals surface area (Å²) in [5.41, 5.74) is 0.738. The Hall–Kier alpha value is 0.456. The van der Waals surface area contributed by atoms with E-state index < -0.39 is 0 Å². The Morgan fingerprint density at radius 1 is 1.18 bits per heavy atom. The third-order valence-electron chi connectivity index (χ3n) is 1.35. The number of nitrogens with zero attached hydrogens (tertiary/aromatic N) is 1. The molecule has 54 valence electrons. The van der Waals surface area contributed by atoms with Crippen LogP contribution in [0.4, 0.5) is 5.69 Å². The molecule has 0 heterocycles. The molecule has 11 heavy (non-hydrogen) atoms. The van der Waals surface area contributed by atoms with Crippen LogP contribution in [0.3, 0.4) is 0 Å². The minimum Gasteiger partial charge on any atom is -0.871 e. The van der Waals surface area contributed by atoms with Gasteiger partial charge in [-0.1, -0.05) is 23.9 Å². The molecule has 0 spiro atoms. The Morgan fingerprint density at radius 2 is 1.73 bits per heavy atom. The predicted octanol–water partition coefficient (Wildman–Crippen LogP) is -2.17. The van der Waals surface area contributed by atoms with E-state index in [9.17, 15) is 5.11 Å². The smallest absolute Gasteiger partial charge is 0.871 e. The molecule has 1 aromatic rings. The van der Waals surface area contributed by atoms with E-state index in [4.69, 9.17) is 0 Å². The number of hydrogen-bond acceptors (Lipinski definition) is 2. The fourth-order valence-electron chi connectivity index (χ4n) is 0.827. The Morgan fingerprint density at radius 3 is 2.09 bits per heavy atom. The zero-order valence-electron chi connectivity index (χ0n) is 7.16. The van der Waals surface area contributed by atoms with Gasteiger partial charge in [0.25, 0.3) is 0 Å². The maximum Gasteiger partial charge on any atom is 1.00 e. The van der Waals surface area contributed by atoms with Crippen molar-refractivity contribution in [1.29, 1.82) is 0 Å². The molecule has 0 saturated carbocycles. The summed E-state index contributed by atoms with van der Waals surface area (Å²) < 4.78 is 0. The second kappa shape index (κ2) is 5.16. The quantitative estimate of drug-likeness (QED) is 0.454. The molecule has 0 aromatic heterocycles. The van der Waals surface area contributed by atoms with Crippen LogP contribution < -0.4 is 61.4 Å². The molecule has 0 aliphatic heterocycles. The van der Waals surface area contributed by atoms with Gasteiger partial charge in [0.1, 0.15) is 0 Å². The average Bonchev–Trinajstić information content (AvgIpc) is 1.88. The van der Waals surface area contributed by atoms with Gasteiger partial charge in [0.2, 0.25) is 0 Å². The average molecular weight is 175 g/mol. The van der Waals surface area contributed by atoms with Crippen molar-refractivity contribution in [3.8, 4) is 5.75 Å². The fourth-order valence-corrected chi connectivity index (χ4v) is 0.827. The molecule has 0 N–H and O–H groups in total. The largest absolute Gasteiger partial charge is 1.00 e. The van der Waals surface area contributed by atoms with Crippen molar-refractivity contribution in [3.63, 3.8) is 0 Å². The van der Waals surface area contributed by atoms with Gasteiger partial charge in [-0.25, -0.2) is 0 Å². The van der Waals surface area contributed by atoms with Crippen molar-refractivity contribution in [2.45, 2.75) is 0 Å². The fraction of sp³-hybridized carbons (Fsp3) is 0.250. The molecule has 0 radical (unpaired) electrons. The molecule has 2 nitrogen and oxygen atoms in total. The first-order valence-electron chi connectivity index (χ1n) is 3.15. The maximum absolute atomic E-state index is 11.0. The van der Waals surface area contributed by atoms with Crippen LogP contribution in [-0.2, 0) is 0 Å². The molecule has 1 aromatic carbocycles. The molecule has 1 rings (SSSR count). The Labute approximate surface area is 110 Å². The van der Waals surface area contributed by atoms with Crippen molar-refractivity contribution >= 4 is 5.69 Å². The maximum atomic E-state index is 11.0. The van der Waals surface area contributed by atoms with Gasteiger partial charge in [-0.3, -0.25) is 0 Å². The minimum absolute atomic E-state index is 0. The zero-order valence-corrected chi connectivity index (χ0v) is 10.3. The molecule has 3 heteroatoms. The van der Waals surface area contributed by atoms with E-state index in [2.05, 4.69) is 0 Å². The van der Waals surface area contributed by atoms with Crippen LogP contribution in [-0.4, -0.2) is 14.1 Å². The third kappa shape index (κ3) is 3.13. The second-order valence-electron chi connectivity index (χ2n) is 2.36. The van der Waals surface area contributed by atoms with Gasteiger partial charge in [0.15, 0.2) is 0 Å². The van der Waals surface area contributed by atoms with Gasteiger partial charge in [0.05, 0.1) is 0 Å². The normalized spacial score (nSPS) is 8.55. The number of rotatable bonds is 1. The van der Waals surface area contributed by atoms with Crippen LogP contribution >= 0.6 is 0 Å². The Bertz CT molecular complexity index is 225. The topological polar surface area (TPSA) is 26.3 Å². The Balaban J connectivity index is 0.000001000. The van der Waals surface area contributed by atoms with Crippen molar-refractivity contribution in [1.82, 2.24) is 0 Å². The summed E-state index contributed by atoms with van der Waals surface area (Å²) >= 11 is 0. The predicted molar refractivity (Wildman–Crippen MR) is 40.2 cm³/mol. The van der Waals surface area contributed by atoms with Crippen LogP contribution in [0.5, 0.6) is 5.75 Å². The first-order chi connectivity index (χ1) is 4.72. The first-order valence-corrected chi connectivity index (χ1v) is 3.15. The molecule has 0 aliphatic carbocycles. The van der Waals surface area contributed by atoms with E-state index >= 15 is 0 Å². The number of para-hydroxylation sites is 2. The van der Waals surface area contributed by atoms with Gasteiger partial charge in [-0.05, 0) is 6.07 Å². The van der Waals surface area contributed by atoms with Gasteiger partial charge < -0.3 is 10.0 Å². The molecule has 0 unspecified atom stereocenters. The third-order valence-corrected chi connectivity index (χ3v) is 1.35. The van der Waals surface area contributed by atoms with E-state index in [1.807, 2.05) is 31.1 Å². The summed E-state index contributed by atoms with van der Waals surface area (Å²) in [5, 5.41) is 11.0. The van der Waals surface area contributed by atoms with E-state index in [1.54, 1.807) is 12.1 Å². The molecule has 0 amide bonds. The van der Waals surface area contributed by atoms with Crippen LogP contribution in [0.2, 0.25) is 0 Å². The molecular formula is C8H10KNO. The van der Waals surface area contributed by atoms with Crippen molar-refractivity contribution in [2.75, 3.05) is 19.0 Å². The van der Waals surface area contributed by atoms with Crippen molar-refractivity contribution in [2.24, 2.45) is 0 Å². The van der Waals surface area contributed by atoms with Crippen molar-refractivity contribution in [3.05, 3.63) is 24.3 Å². The Kier molecular flexibility index (Phi) is 5.38. The molecule has 0 bridgehead atoms. The minimum atomic E-state index is 0. The number of benzene rings is 1. The van der Waals surface area contributed by atoms with Gasteiger partial charge in [-0.15, -0.1) is 0 Å². The summed E-state index contributed by atoms with van der Waals surface area (Å²) in [6, 6.07) is 6.98. The standard InChI is InChI=1S/C8H11NO.K/c1-9(2)7-5-3-4-6-8(7)10;/h3-6,10H,1-2H3;/q;+1/p-1. The van der Waals surface area contributed by atoms with Crippen molar-refractivity contribution < 1.29 is 56.5 Å². The molecule has 0 fully saturated rings. The first kappa shape index (κ1) is 11.5. The molecule has 0 saturated heterocycles. The van der Waals surface area contributed by atoms with Gasteiger partial charge in [-0.2, -0.15) is 0 Å². The van der Waals surface area contributed by atoms with Gasteiger partial charge in [0, 0.05) is 19.8 Å². The van der Waals surface area contributed by atoms with Crippen LogP contribution in [0, 0.1) is 0 Å². The number of anilines is 1. The van der Waals surface area contributed by atoms with Gasteiger partial charge >= 0.3 is 51.4 Å². The SMILES string of the molecule is CN(C)c1ccccc1[O-].[K+]. The molecular weight excluding hydrogens is 165 g/mol. The summed E-state index contributed by atoms with van der Waals surface area (Å²) in [5.74, 6) is 0.0764. The van der Waals surface area contributed by atoms with Crippen LogP contribution in [0.25, 0.3) is 0 Å². The monoisotopic (exact) mass is 175 g/mol. The van der Waals surface area contributed by atoms with E-state index in [1.165, 1.54) is 0 Å². The number of hydrogen-bond donors (Lipinski definition) is 0. The summed E-state index contributed by atoms with van der Waals surface area (Å²) in [6.07, 6.45) is 0. The summed E-state index contributed by atoms with van der Waals surface area (Å²) in [4.78, 5) is 1.81. The zero-order chi connectivity index (χ0) is 7.56. The van der Waals surface area contributed by atoms with E-state index in [0.29, 0.717) is 0 Å². The summed E-state index contributed by atoms with van der Waals surface area (Å²) in [6.45, 7) is 0. The molecule has 0 aliphatic rings. The van der Waals surface area contributed by atoms with Crippen LogP contribution in [0.15, 0.2) is 24.3 Å². The second-order valence-corrected chi connectivity index (χ2v) is 2.36.